The summed E-state index contributed by atoms with van der Waals surface area (Å²) in [4.78, 5) is 25.6. The number of rotatable bonds is 13. The zero-order valence-corrected chi connectivity index (χ0v) is 24.5. The highest BCUT2D eigenvalue weighted by molar-refractivity contribution is 5.90. The predicted molar refractivity (Wildman–Crippen MR) is 152 cm³/mol. The molecule has 0 bridgehead atoms. The van der Waals surface area contributed by atoms with Gasteiger partial charge in [-0.25, -0.2) is 4.79 Å². The lowest BCUT2D eigenvalue weighted by atomic mass is 9.76. The van der Waals surface area contributed by atoms with Gasteiger partial charge in [0.05, 0.1) is 12.7 Å². The van der Waals surface area contributed by atoms with Gasteiger partial charge >= 0.3 is 5.97 Å². The van der Waals surface area contributed by atoms with Gasteiger partial charge < -0.3 is 14.6 Å². The van der Waals surface area contributed by atoms with E-state index in [9.17, 15) is 14.7 Å². The maximum absolute atomic E-state index is 13.0. The standard InChI is InChI=1S/C32H56O5/c1-6-7-8-9-10-11-12-13-16-19-24-36-25-28-21-18-15-14-17-20-26(2)30(34)27(3)31(35)32(4,5)23-22-29(33)37-28/h15,18,22-23,26-28,30,34H,6-14,16-17,19-21,24-25H2,1-5H3. The van der Waals surface area contributed by atoms with Crippen LogP contribution in [-0.2, 0) is 19.1 Å². The van der Waals surface area contributed by atoms with Crippen LogP contribution in [0.4, 0.5) is 0 Å². The Hall–Kier alpha value is -1.46. The van der Waals surface area contributed by atoms with Crippen molar-refractivity contribution in [2.75, 3.05) is 13.2 Å². The molecule has 37 heavy (non-hydrogen) atoms. The Kier molecular flexibility index (Phi) is 17.8. The highest BCUT2D eigenvalue weighted by Gasteiger charge is 2.35. The quantitative estimate of drug-likeness (QED) is 0.153. The largest absolute Gasteiger partial charge is 0.456 e. The van der Waals surface area contributed by atoms with Crippen LogP contribution in [0, 0.1) is 17.3 Å². The summed E-state index contributed by atoms with van der Waals surface area (Å²) in [5, 5.41) is 10.7. The Morgan fingerprint density at radius 2 is 1.59 bits per heavy atom. The number of ether oxygens (including phenoxy) is 2. The average molecular weight is 521 g/mol. The van der Waals surface area contributed by atoms with E-state index in [2.05, 4.69) is 19.1 Å². The van der Waals surface area contributed by atoms with E-state index in [0.717, 1.165) is 25.7 Å². The van der Waals surface area contributed by atoms with Crippen LogP contribution in [0.1, 0.15) is 125 Å². The van der Waals surface area contributed by atoms with Crippen LogP contribution in [-0.4, -0.2) is 42.3 Å². The van der Waals surface area contributed by atoms with Crippen molar-refractivity contribution >= 4 is 11.8 Å². The van der Waals surface area contributed by atoms with Gasteiger partial charge in [-0.15, -0.1) is 0 Å². The molecule has 1 aliphatic rings. The summed E-state index contributed by atoms with van der Waals surface area (Å²) < 4.78 is 11.6. The zero-order valence-electron chi connectivity index (χ0n) is 24.5. The molecule has 1 rings (SSSR count). The van der Waals surface area contributed by atoms with Gasteiger partial charge in [0.25, 0.3) is 0 Å². The number of Topliss-reactive ketones (excluding diaryl/α,β-unsaturated/α-hetero) is 1. The molecule has 4 unspecified atom stereocenters. The summed E-state index contributed by atoms with van der Waals surface area (Å²) in [7, 11) is 0. The summed E-state index contributed by atoms with van der Waals surface area (Å²) in [6.45, 7) is 10.7. The minimum absolute atomic E-state index is 0.0388. The first-order valence-corrected chi connectivity index (χ1v) is 15.0. The third-order valence-electron chi connectivity index (χ3n) is 7.60. The number of aliphatic hydroxyl groups is 1. The van der Waals surface area contributed by atoms with Gasteiger partial charge in [0.15, 0.2) is 0 Å². The van der Waals surface area contributed by atoms with E-state index in [4.69, 9.17) is 9.47 Å². The van der Waals surface area contributed by atoms with Gasteiger partial charge in [-0.3, -0.25) is 4.79 Å². The van der Waals surface area contributed by atoms with E-state index in [-0.39, 0.29) is 17.8 Å². The lowest BCUT2D eigenvalue weighted by Gasteiger charge is -2.29. The number of aliphatic hydroxyl groups excluding tert-OH is 1. The number of carbonyl (C=O) groups is 2. The molecule has 0 aromatic rings. The molecule has 0 amide bonds. The first-order chi connectivity index (χ1) is 17.7. The SMILES string of the molecule is CCCCCCCCCCCCOCC1CC=CCCCC(C)C(O)C(C)C(=O)C(C)(C)C=CC(=O)O1. The molecule has 0 spiro atoms. The van der Waals surface area contributed by atoms with Crippen molar-refractivity contribution < 1.29 is 24.2 Å². The van der Waals surface area contributed by atoms with Crippen LogP contribution in [0.3, 0.4) is 0 Å². The molecule has 5 nitrogen and oxygen atoms in total. The monoisotopic (exact) mass is 520 g/mol. The van der Waals surface area contributed by atoms with Gasteiger partial charge in [-0.05, 0) is 45.4 Å². The Bertz CT molecular complexity index is 681. The van der Waals surface area contributed by atoms with Crippen LogP contribution in [0.5, 0.6) is 0 Å². The fourth-order valence-electron chi connectivity index (χ4n) is 4.95. The number of esters is 1. The molecular formula is C32H56O5. The highest BCUT2D eigenvalue weighted by atomic mass is 16.6. The van der Waals surface area contributed by atoms with Gasteiger partial charge in [-0.2, -0.15) is 0 Å². The second kappa shape index (κ2) is 19.6. The van der Waals surface area contributed by atoms with Crippen LogP contribution in [0.25, 0.3) is 0 Å². The van der Waals surface area contributed by atoms with E-state index in [1.54, 1.807) is 26.8 Å². The van der Waals surface area contributed by atoms with E-state index in [0.29, 0.717) is 19.6 Å². The Morgan fingerprint density at radius 3 is 2.24 bits per heavy atom. The normalized spacial score (nSPS) is 25.8. The van der Waals surface area contributed by atoms with Crippen molar-refractivity contribution in [3.63, 3.8) is 0 Å². The Balaban J connectivity index is 2.52. The average Bonchev–Trinajstić information content (AvgIpc) is 2.87. The second-order valence-electron chi connectivity index (χ2n) is 11.6. The molecule has 0 aliphatic carbocycles. The molecule has 0 radical (unpaired) electrons. The molecule has 0 saturated carbocycles. The number of carbonyl (C=O) groups excluding carboxylic acids is 2. The number of ketones is 1. The summed E-state index contributed by atoms with van der Waals surface area (Å²) in [5.41, 5.74) is -0.863. The summed E-state index contributed by atoms with van der Waals surface area (Å²) in [6, 6.07) is 0. The van der Waals surface area contributed by atoms with E-state index < -0.39 is 23.4 Å². The van der Waals surface area contributed by atoms with Crippen LogP contribution in [0.2, 0.25) is 0 Å². The third kappa shape index (κ3) is 14.9. The summed E-state index contributed by atoms with van der Waals surface area (Å²) in [6.07, 6.45) is 22.3. The number of allylic oxidation sites excluding steroid dienone is 2. The van der Waals surface area contributed by atoms with E-state index in [1.165, 1.54) is 63.9 Å². The fourth-order valence-corrected chi connectivity index (χ4v) is 4.95. The molecule has 0 aromatic heterocycles. The highest BCUT2D eigenvalue weighted by Crippen LogP contribution is 2.28. The maximum Gasteiger partial charge on any atom is 0.330 e. The molecule has 0 aromatic carbocycles. The maximum atomic E-state index is 13.0. The lowest BCUT2D eigenvalue weighted by Crippen LogP contribution is -2.38. The molecule has 4 atom stereocenters. The number of cyclic esters (lactones) is 1. The fraction of sp³-hybridized carbons (Fsp3) is 0.812. The molecule has 214 valence electrons. The molecule has 0 fully saturated rings. The van der Waals surface area contributed by atoms with Gasteiger partial charge in [0.1, 0.15) is 11.9 Å². The van der Waals surface area contributed by atoms with Gasteiger partial charge in [0, 0.05) is 30.4 Å². The third-order valence-corrected chi connectivity index (χ3v) is 7.60. The number of hydrogen-bond donors (Lipinski definition) is 1. The summed E-state index contributed by atoms with van der Waals surface area (Å²) >= 11 is 0. The Morgan fingerprint density at radius 1 is 0.973 bits per heavy atom. The molecule has 5 heteroatoms. The van der Waals surface area contributed by atoms with E-state index >= 15 is 0 Å². The van der Waals surface area contributed by atoms with Crippen molar-refractivity contribution in [1.29, 1.82) is 0 Å². The summed E-state index contributed by atoms with van der Waals surface area (Å²) in [5.74, 6) is -0.993. The van der Waals surface area contributed by atoms with Crippen molar-refractivity contribution in [2.45, 2.75) is 137 Å². The predicted octanol–water partition coefficient (Wildman–Crippen LogP) is 7.75. The van der Waals surface area contributed by atoms with Crippen molar-refractivity contribution in [3.8, 4) is 0 Å². The van der Waals surface area contributed by atoms with Crippen LogP contribution < -0.4 is 0 Å². The van der Waals surface area contributed by atoms with Crippen molar-refractivity contribution in [3.05, 3.63) is 24.3 Å². The van der Waals surface area contributed by atoms with Gasteiger partial charge in [-0.1, -0.05) is 96.8 Å². The molecule has 0 saturated heterocycles. The molecular weight excluding hydrogens is 464 g/mol. The van der Waals surface area contributed by atoms with Crippen molar-refractivity contribution in [2.24, 2.45) is 17.3 Å². The van der Waals surface area contributed by atoms with Crippen LogP contribution in [0.15, 0.2) is 24.3 Å². The molecule has 1 aliphatic heterocycles. The lowest BCUT2D eigenvalue weighted by molar-refractivity contribution is -0.145. The van der Waals surface area contributed by atoms with Gasteiger partial charge in [0.2, 0.25) is 0 Å². The topological polar surface area (TPSA) is 72.8 Å². The molecule has 1 N–H and O–H groups in total. The smallest absolute Gasteiger partial charge is 0.330 e. The first kappa shape index (κ1) is 33.6. The van der Waals surface area contributed by atoms with Crippen molar-refractivity contribution in [1.82, 2.24) is 0 Å². The zero-order chi connectivity index (χ0) is 27.5. The first-order valence-electron chi connectivity index (χ1n) is 15.0. The Labute approximate surface area is 227 Å². The minimum atomic E-state index is -0.863. The van der Waals surface area contributed by atoms with E-state index in [1.807, 2.05) is 6.92 Å². The second-order valence-corrected chi connectivity index (χ2v) is 11.6. The number of unbranched alkanes of at least 4 members (excludes halogenated alkanes) is 9. The van der Waals surface area contributed by atoms with Crippen LogP contribution >= 0.6 is 0 Å². The number of hydrogen-bond acceptors (Lipinski definition) is 5. The minimum Gasteiger partial charge on any atom is -0.456 e. The molecule has 1 heterocycles.